The van der Waals surface area contributed by atoms with Gasteiger partial charge in [-0.05, 0) is 50.5 Å². The molecule has 1 atom stereocenters. The van der Waals surface area contributed by atoms with E-state index in [1.54, 1.807) is 4.90 Å². The van der Waals surface area contributed by atoms with Gasteiger partial charge in [0.2, 0.25) is 5.91 Å². The van der Waals surface area contributed by atoms with Crippen molar-refractivity contribution in [3.63, 3.8) is 0 Å². The van der Waals surface area contributed by atoms with E-state index in [1.807, 2.05) is 36.1 Å². The minimum atomic E-state index is -0.126. The fraction of sp³-hybridized carbons (Fsp3) is 0.556. The first-order valence-electron chi connectivity index (χ1n) is 8.76. The maximum Gasteiger partial charge on any atom is 0.317 e. The molecule has 1 aromatic rings. The summed E-state index contributed by atoms with van der Waals surface area (Å²) in [7, 11) is 0. The van der Waals surface area contributed by atoms with Gasteiger partial charge in [-0.2, -0.15) is 0 Å². The van der Waals surface area contributed by atoms with Gasteiger partial charge in [-0.1, -0.05) is 0 Å². The molecule has 24 heavy (non-hydrogen) atoms. The lowest BCUT2D eigenvalue weighted by molar-refractivity contribution is -0.117. The molecule has 0 aliphatic carbocycles. The Balaban J connectivity index is 1.57. The number of rotatable bonds is 4. The second-order valence-corrected chi connectivity index (χ2v) is 6.33. The van der Waals surface area contributed by atoms with Crippen LogP contribution in [0.4, 0.5) is 10.5 Å². The molecule has 6 heteroatoms. The fourth-order valence-electron chi connectivity index (χ4n) is 3.31. The lowest BCUT2D eigenvalue weighted by Gasteiger charge is -2.28. The van der Waals surface area contributed by atoms with E-state index in [4.69, 9.17) is 4.74 Å². The van der Waals surface area contributed by atoms with Gasteiger partial charge in [-0.15, -0.1) is 0 Å². The van der Waals surface area contributed by atoms with Gasteiger partial charge in [0.25, 0.3) is 0 Å². The average molecular weight is 331 g/mol. The second kappa shape index (κ2) is 7.55. The van der Waals surface area contributed by atoms with Gasteiger partial charge in [-0.3, -0.25) is 4.79 Å². The number of nitrogens with zero attached hydrogens (tertiary/aromatic N) is 2. The number of urea groups is 1. The van der Waals surface area contributed by atoms with Crippen molar-refractivity contribution in [1.82, 2.24) is 10.2 Å². The van der Waals surface area contributed by atoms with Crippen LogP contribution in [0.5, 0.6) is 5.75 Å². The molecule has 2 saturated heterocycles. The van der Waals surface area contributed by atoms with E-state index in [9.17, 15) is 9.59 Å². The molecule has 2 aliphatic heterocycles. The number of piperidine rings is 1. The minimum Gasteiger partial charge on any atom is -0.494 e. The van der Waals surface area contributed by atoms with Crippen LogP contribution in [0.25, 0.3) is 0 Å². The first kappa shape index (κ1) is 16.6. The van der Waals surface area contributed by atoms with Gasteiger partial charge in [0.1, 0.15) is 5.75 Å². The molecule has 6 nitrogen and oxygen atoms in total. The smallest absolute Gasteiger partial charge is 0.317 e. The predicted octanol–water partition coefficient (Wildman–Crippen LogP) is 2.39. The standard InChI is InChI=1S/C18H25N3O3/c1-2-24-16-8-6-15(7-9-16)21-13-14(12-17(21)22)19-18(23)20-10-4-3-5-11-20/h6-9,14H,2-5,10-13H2,1H3,(H,19,23)/t14-/m0/s1. The number of carbonyl (C=O) groups excluding carboxylic acids is 2. The summed E-state index contributed by atoms with van der Waals surface area (Å²) in [6, 6.07) is 7.34. The molecule has 0 saturated carbocycles. The Labute approximate surface area is 142 Å². The zero-order valence-electron chi connectivity index (χ0n) is 14.2. The lowest BCUT2D eigenvalue weighted by atomic mass is 10.1. The Morgan fingerprint density at radius 2 is 1.92 bits per heavy atom. The average Bonchev–Trinajstić information content (AvgIpc) is 2.97. The van der Waals surface area contributed by atoms with E-state index in [0.717, 1.165) is 37.4 Å². The summed E-state index contributed by atoms with van der Waals surface area (Å²) in [5.74, 6) is 0.839. The zero-order valence-corrected chi connectivity index (χ0v) is 14.2. The van der Waals surface area contributed by atoms with Crippen LogP contribution in [0.2, 0.25) is 0 Å². The fourth-order valence-corrected chi connectivity index (χ4v) is 3.31. The monoisotopic (exact) mass is 331 g/mol. The number of carbonyl (C=O) groups is 2. The molecule has 2 fully saturated rings. The summed E-state index contributed by atoms with van der Waals surface area (Å²) in [5.41, 5.74) is 0.846. The highest BCUT2D eigenvalue weighted by Gasteiger charge is 2.32. The SMILES string of the molecule is CCOc1ccc(N2C[C@@H](NC(=O)N3CCCCC3)CC2=O)cc1. The Morgan fingerprint density at radius 1 is 1.21 bits per heavy atom. The van der Waals surface area contributed by atoms with E-state index in [-0.39, 0.29) is 18.0 Å². The molecule has 2 heterocycles. The highest BCUT2D eigenvalue weighted by Crippen LogP contribution is 2.24. The molecule has 3 amide bonds. The molecule has 0 spiro atoms. The van der Waals surface area contributed by atoms with Crippen molar-refractivity contribution in [2.24, 2.45) is 0 Å². The number of hydrogen-bond donors (Lipinski definition) is 1. The topological polar surface area (TPSA) is 61.9 Å². The molecule has 0 unspecified atom stereocenters. The predicted molar refractivity (Wildman–Crippen MR) is 92.3 cm³/mol. The Morgan fingerprint density at radius 3 is 2.58 bits per heavy atom. The number of benzene rings is 1. The summed E-state index contributed by atoms with van der Waals surface area (Å²) < 4.78 is 5.43. The Bertz CT molecular complexity index is 582. The van der Waals surface area contributed by atoms with Crippen molar-refractivity contribution >= 4 is 17.6 Å². The third-order valence-corrected chi connectivity index (χ3v) is 4.56. The van der Waals surface area contributed by atoms with Crippen molar-refractivity contribution in [1.29, 1.82) is 0 Å². The van der Waals surface area contributed by atoms with E-state index < -0.39 is 0 Å². The van der Waals surface area contributed by atoms with Crippen LogP contribution in [0, 0.1) is 0 Å². The first-order chi connectivity index (χ1) is 11.7. The van der Waals surface area contributed by atoms with Crippen molar-refractivity contribution in [2.45, 2.75) is 38.6 Å². The molecule has 130 valence electrons. The second-order valence-electron chi connectivity index (χ2n) is 6.33. The van der Waals surface area contributed by atoms with Gasteiger partial charge >= 0.3 is 6.03 Å². The van der Waals surface area contributed by atoms with Crippen LogP contribution in [-0.4, -0.2) is 49.1 Å². The van der Waals surface area contributed by atoms with Gasteiger partial charge in [0.05, 0.1) is 12.6 Å². The summed E-state index contributed by atoms with van der Waals surface area (Å²) >= 11 is 0. The molecule has 0 aromatic heterocycles. The van der Waals surface area contributed by atoms with Crippen LogP contribution in [0.15, 0.2) is 24.3 Å². The quantitative estimate of drug-likeness (QED) is 0.921. The summed E-state index contributed by atoms with van der Waals surface area (Å²) in [5, 5.41) is 3.01. The van der Waals surface area contributed by atoms with Gasteiger partial charge < -0.3 is 19.9 Å². The number of anilines is 1. The van der Waals surface area contributed by atoms with E-state index >= 15 is 0 Å². The highest BCUT2D eigenvalue weighted by atomic mass is 16.5. The molecule has 3 rings (SSSR count). The molecule has 2 aliphatic rings. The first-order valence-corrected chi connectivity index (χ1v) is 8.76. The molecule has 0 radical (unpaired) electrons. The maximum absolute atomic E-state index is 12.3. The number of ether oxygens (including phenoxy) is 1. The number of nitrogens with one attached hydrogen (secondary N) is 1. The molecule has 1 aromatic carbocycles. The molecular formula is C18H25N3O3. The van der Waals surface area contributed by atoms with E-state index in [1.165, 1.54) is 6.42 Å². The zero-order chi connectivity index (χ0) is 16.9. The van der Waals surface area contributed by atoms with Gasteiger partial charge in [0, 0.05) is 31.7 Å². The van der Waals surface area contributed by atoms with Crippen LogP contribution in [-0.2, 0) is 4.79 Å². The Kier molecular flexibility index (Phi) is 5.23. The van der Waals surface area contributed by atoms with Crippen molar-refractivity contribution in [3.05, 3.63) is 24.3 Å². The van der Waals surface area contributed by atoms with E-state index in [2.05, 4.69) is 5.32 Å². The lowest BCUT2D eigenvalue weighted by Crippen LogP contribution is -2.47. The van der Waals surface area contributed by atoms with Gasteiger partial charge in [0.15, 0.2) is 0 Å². The molecular weight excluding hydrogens is 306 g/mol. The highest BCUT2D eigenvalue weighted by molar-refractivity contribution is 5.96. The minimum absolute atomic E-state index is 0.0407. The third kappa shape index (κ3) is 3.80. The summed E-state index contributed by atoms with van der Waals surface area (Å²) in [6.45, 7) is 4.71. The van der Waals surface area contributed by atoms with Crippen LogP contribution < -0.4 is 15.0 Å². The van der Waals surface area contributed by atoms with E-state index in [0.29, 0.717) is 19.6 Å². The van der Waals surface area contributed by atoms with Crippen LogP contribution >= 0.6 is 0 Å². The number of amides is 3. The maximum atomic E-state index is 12.3. The summed E-state index contributed by atoms with van der Waals surface area (Å²) in [4.78, 5) is 28.2. The normalized spacial score (nSPS) is 21.0. The third-order valence-electron chi connectivity index (χ3n) is 4.56. The number of hydrogen-bond acceptors (Lipinski definition) is 3. The Hall–Kier alpha value is -2.24. The van der Waals surface area contributed by atoms with Gasteiger partial charge in [-0.25, -0.2) is 4.79 Å². The van der Waals surface area contributed by atoms with Crippen LogP contribution in [0.1, 0.15) is 32.6 Å². The molecule has 1 N–H and O–H groups in total. The summed E-state index contributed by atoms with van der Waals surface area (Å²) in [6.07, 6.45) is 3.68. The number of likely N-dealkylation sites (tertiary alicyclic amines) is 1. The van der Waals surface area contributed by atoms with Crippen molar-refractivity contribution in [3.8, 4) is 5.75 Å². The molecule has 0 bridgehead atoms. The largest absolute Gasteiger partial charge is 0.494 e. The van der Waals surface area contributed by atoms with Crippen molar-refractivity contribution in [2.75, 3.05) is 31.1 Å². The van der Waals surface area contributed by atoms with Crippen molar-refractivity contribution < 1.29 is 14.3 Å². The van der Waals surface area contributed by atoms with Crippen LogP contribution in [0.3, 0.4) is 0 Å².